The number of aromatic nitrogens is 3. The van der Waals surface area contributed by atoms with Crippen molar-refractivity contribution in [1.82, 2.24) is 25.3 Å². The number of likely N-dealkylation sites (tertiary alicyclic amines) is 1. The van der Waals surface area contributed by atoms with Crippen LogP contribution in [0.15, 0.2) is 53.2 Å². The molecular formula is C18H16ClN5O2. The standard InChI is InChI=1S/C18H16ClN5O2/c19-14-6-4-12(5-7-14)9-21-18(25)24-10-13(11-24)17-22-16(23-26-17)15-3-1-2-8-20-15/h1-8,13H,9-11H2,(H,21,25). The maximum atomic E-state index is 12.2. The van der Waals surface area contributed by atoms with E-state index in [0.717, 1.165) is 5.56 Å². The first-order chi connectivity index (χ1) is 12.7. The SMILES string of the molecule is O=C(NCc1ccc(Cl)cc1)N1CC(c2nc(-c3ccccn3)no2)C1. The van der Waals surface area contributed by atoms with Crippen molar-refractivity contribution in [2.24, 2.45) is 0 Å². The van der Waals surface area contributed by atoms with E-state index in [-0.39, 0.29) is 11.9 Å². The molecule has 1 aromatic carbocycles. The molecule has 1 aliphatic heterocycles. The van der Waals surface area contributed by atoms with Crippen molar-refractivity contribution < 1.29 is 9.32 Å². The largest absolute Gasteiger partial charge is 0.338 e. The second-order valence-corrected chi connectivity index (χ2v) is 6.49. The van der Waals surface area contributed by atoms with E-state index in [1.807, 2.05) is 30.3 Å². The molecule has 0 saturated carbocycles. The molecule has 3 heterocycles. The highest BCUT2D eigenvalue weighted by Crippen LogP contribution is 2.27. The Kier molecular flexibility index (Phi) is 4.53. The number of benzene rings is 1. The summed E-state index contributed by atoms with van der Waals surface area (Å²) in [7, 11) is 0. The molecule has 132 valence electrons. The van der Waals surface area contributed by atoms with Gasteiger partial charge in [0, 0.05) is 30.9 Å². The number of halogens is 1. The van der Waals surface area contributed by atoms with E-state index >= 15 is 0 Å². The number of nitrogens with one attached hydrogen (secondary N) is 1. The van der Waals surface area contributed by atoms with Crippen LogP contribution in [0, 0.1) is 0 Å². The maximum Gasteiger partial charge on any atom is 0.317 e. The van der Waals surface area contributed by atoms with E-state index in [1.165, 1.54) is 0 Å². The van der Waals surface area contributed by atoms with Crippen molar-refractivity contribution in [2.75, 3.05) is 13.1 Å². The van der Waals surface area contributed by atoms with E-state index < -0.39 is 0 Å². The third kappa shape index (κ3) is 3.52. The molecule has 0 unspecified atom stereocenters. The second-order valence-electron chi connectivity index (χ2n) is 6.06. The Morgan fingerprint density at radius 3 is 2.77 bits per heavy atom. The summed E-state index contributed by atoms with van der Waals surface area (Å²) in [6, 6.07) is 12.8. The van der Waals surface area contributed by atoms with E-state index in [9.17, 15) is 4.79 Å². The highest BCUT2D eigenvalue weighted by Gasteiger charge is 2.35. The van der Waals surface area contributed by atoms with Gasteiger partial charge in [0.15, 0.2) is 0 Å². The fourth-order valence-corrected chi connectivity index (χ4v) is 2.82. The number of hydrogen-bond donors (Lipinski definition) is 1. The van der Waals surface area contributed by atoms with Crippen LogP contribution < -0.4 is 5.32 Å². The quantitative estimate of drug-likeness (QED) is 0.763. The van der Waals surface area contributed by atoms with Gasteiger partial charge in [0.1, 0.15) is 5.69 Å². The van der Waals surface area contributed by atoms with E-state index in [2.05, 4.69) is 20.4 Å². The zero-order valence-electron chi connectivity index (χ0n) is 13.8. The zero-order valence-corrected chi connectivity index (χ0v) is 14.6. The van der Waals surface area contributed by atoms with Crippen molar-refractivity contribution in [2.45, 2.75) is 12.5 Å². The number of amides is 2. The maximum absolute atomic E-state index is 12.2. The Balaban J connectivity index is 1.29. The lowest BCUT2D eigenvalue weighted by Crippen LogP contribution is -2.52. The molecule has 0 spiro atoms. The van der Waals surface area contributed by atoms with Gasteiger partial charge in [-0.25, -0.2) is 4.79 Å². The van der Waals surface area contributed by atoms with Gasteiger partial charge in [-0.3, -0.25) is 4.98 Å². The van der Waals surface area contributed by atoms with Crippen molar-refractivity contribution in [3.8, 4) is 11.5 Å². The minimum Gasteiger partial charge on any atom is -0.338 e. The molecule has 7 nitrogen and oxygen atoms in total. The van der Waals surface area contributed by atoms with Crippen LogP contribution in [0.25, 0.3) is 11.5 Å². The number of rotatable bonds is 4. The zero-order chi connectivity index (χ0) is 17.9. The molecule has 0 radical (unpaired) electrons. The van der Waals surface area contributed by atoms with Gasteiger partial charge >= 0.3 is 6.03 Å². The van der Waals surface area contributed by atoms with E-state index in [0.29, 0.717) is 42.1 Å². The fourth-order valence-electron chi connectivity index (χ4n) is 2.69. The Labute approximate surface area is 155 Å². The molecule has 4 rings (SSSR count). The second kappa shape index (κ2) is 7.13. The van der Waals surface area contributed by atoms with Gasteiger partial charge in [0.25, 0.3) is 0 Å². The molecule has 26 heavy (non-hydrogen) atoms. The lowest BCUT2D eigenvalue weighted by molar-refractivity contribution is 0.136. The van der Waals surface area contributed by atoms with Gasteiger partial charge in [-0.1, -0.05) is 35.0 Å². The van der Waals surface area contributed by atoms with Crippen molar-refractivity contribution in [3.63, 3.8) is 0 Å². The number of nitrogens with zero attached hydrogens (tertiary/aromatic N) is 4. The van der Waals surface area contributed by atoms with E-state index in [4.69, 9.17) is 16.1 Å². The third-order valence-corrected chi connectivity index (χ3v) is 4.46. The Morgan fingerprint density at radius 1 is 1.23 bits per heavy atom. The molecule has 2 aromatic heterocycles. The van der Waals surface area contributed by atoms with Crippen LogP contribution in [0.4, 0.5) is 4.79 Å². The Morgan fingerprint density at radius 2 is 2.04 bits per heavy atom. The molecule has 2 amide bonds. The Hall–Kier alpha value is -2.93. The first-order valence-electron chi connectivity index (χ1n) is 8.21. The number of pyridine rings is 1. The molecule has 3 aromatic rings. The summed E-state index contributed by atoms with van der Waals surface area (Å²) in [4.78, 5) is 22.5. The first-order valence-corrected chi connectivity index (χ1v) is 8.59. The van der Waals surface area contributed by atoms with Gasteiger partial charge in [-0.05, 0) is 29.8 Å². The van der Waals surface area contributed by atoms with Crippen molar-refractivity contribution in [3.05, 3.63) is 65.1 Å². The molecule has 0 aliphatic carbocycles. The number of carbonyl (C=O) groups is 1. The predicted octanol–water partition coefficient (Wildman–Crippen LogP) is 3.09. The van der Waals surface area contributed by atoms with E-state index in [1.54, 1.807) is 23.2 Å². The molecule has 8 heteroatoms. The molecule has 0 bridgehead atoms. The molecular weight excluding hydrogens is 354 g/mol. The van der Waals surface area contributed by atoms with Crippen LogP contribution in [0.5, 0.6) is 0 Å². The van der Waals surface area contributed by atoms with Gasteiger partial charge in [0.2, 0.25) is 11.7 Å². The van der Waals surface area contributed by atoms with Crippen LogP contribution in [-0.2, 0) is 6.54 Å². The summed E-state index contributed by atoms with van der Waals surface area (Å²) in [5, 5.41) is 7.53. The highest BCUT2D eigenvalue weighted by atomic mass is 35.5. The first kappa shape index (κ1) is 16.5. The average Bonchev–Trinajstić information content (AvgIpc) is 3.10. The van der Waals surface area contributed by atoms with Gasteiger partial charge in [-0.15, -0.1) is 0 Å². The molecule has 1 saturated heterocycles. The van der Waals surface area contributed by atoms with Gasteiger partial charge in [0.05, 0.1) is 5.92 Å². The van der Waals surface area contributed by atoms with Crippen molar-refractivity contribution >= 4 is 17.6 Å². The summed E-state index contributed by atoms with van der Waals surface area (Å²) in [6.07, 6.45) is 1.68. The van der Waals surface area contributed by atoms with Crippen LogP contribution in [0.3, 0.4) is 0 Å². The molecule has 1 fully saturated rings. The summed E-state index contributed by atoms with van der Waals surface area (Å²) in [5.74, 6) is 1.06. The molecule has 1 aliphatic rings. The van der Waals surface area contributed by atoms with Crippen LogP contribution >= 0.6 is 11.6 Å². The third-order valence-electron chi connectivity index (χ3n) is 4.21. The predicted molar refractivity (Wildman–Crippen MR) is 95.5 cm³/mol. The van der Waals surface area contributed by atoms with Gasteiger partial charge in [-0.2, -0.15) is 4.98 Å². The summed E-state index contributed by atoms with van der Waals surface area (Å²) in [6.45, 7) is 1.56. The van der Waals surface area contributed by atoms with Crippen LogP contribution in [0.2, 0.25) is 5.02 Å². The number of urea groups is 1. The molecule has 0 atom stereocenters. The summed E-state index contributed by atoms with van der Waals surface area (Å²) in [5.41, 5.74) is 1.66. The fraction of sp³-hybridized carbons (Fsp3) is 0.222. The highest BCUT2D eigenvalue weighted by molar-refractivity contribution is 6.30. The van der Waals surface area contributed by atoms with Crippen LogP contribution in [-0.4, -0.2) is 39.1 Å². The molecule has 1 N–H and O–H groups in total. The van der Waals surface area contributed by atoms with Crippen molar-refractivity contribution in [1.29, 1.82) is 0 Å². The monoisotopic (exact) mass is 369 g/mol. The van der Waals surface area contributed by atoms with Gasteiger partial charge < -0.3 is 14.7 Å². The Bertz CT molecular complexity index is 891. The topological polar surface area (TPSA) is 84.2 Å². The van der Waals surface area contributed by atoms with Crippen LogP contribution in [0.1, 0.15) is 17.4 Å². The minimum absolute atomic E-state index is 0.0567. The summed E-state index contributed by atoms with van der Waals surface area (Å²) >= 11 is 5.85. The number of hydrogen-bond acceptors (Lipinski definition) is 5. The lowest BCUT2D eigenvalue weighted by atomic mass is 10.0. The smallest absolute Gasteiger partial charge is 0.317 e. The lowest BCUT2D eigenvalue weighted by Gasteiger charge is -2.36. The normalized spacial score (nSPS) is 14.1. The summed E-state index contributed by atoms with van der Waals surface area (Å²) < 4.78 is 5.32. The average molecular weight is 370 g/mol. The number of carbonyl (C=O) groups excluding carboxylic acids is 1. The minimum atomic E-state index is -0.110.